The van der Waals surface area contributed by atoms with E-state index in [9.17, 15) is 4.79 Å². The van der Waals surface area contributed by atoms with Crippen LogP contribution in [0.3, 0.4) is 0 Å². The molecular weight excluding hydrogens is 402 g/mol. The zero-order valence-electron chi connectivity index (χ0n) is 16.5. The molecule has 0 radical (unpaired) electrons. The summed E-state index contributed by atoms with van der Waals surface area (Å²) in [5.74, 6) is 0.0348. The summed E-state index contributed by atoms with van der Waals surface area (Å²) in [7, 11) is 0. The third kappa shape index (κ3) is 3.59. The van der Waals surface area contributed by atoms with Crippen molar-refractivity contribution in [2.45, 2.75) is 44.7 Å². The summed E-state index contributed by atoms with van der Waals surface area (Å²) in [5, 5.41) is 19.6. The Hall–Kier alpha value is -3.13. The molecule has 8 nitrogen and oxygen atoms in total. The van der Waals surface area contributed by atoms with Gasteiger partial charge in [0.2, 0.25) is 5.91 Å². The zero-order chi connectivity index (χ0) is 20.7. The van der Waals surface area contributed by atoms with E-state index in [1.165, 1.54) is 0 Å². The van der Waals surface area contributed by atoms with Crippen LogP contribution < -0.4 is 10.6 Å². The van der Waals surface area contributed by atoms with Gasteiger partial charge in [0.25, 0.3) is 0 Å². The monoisotopic (exact) mass is 423 g/mol. The number of hydrogen-bond donors (Lipinski definition) is 3. The van der Waals surface area contributed by atoms with E-state index in [2.05, 4.69) is 37.0 Å². The smallest absolute Gasteiger partial charge is 0.217 e. The van der Waals surface area contributed by atoms with Crippen LogP contribution in [-0.2, 0) is 4.79 Å². The molecule has 1 aliphatic carbocycles. The van der Waals surface area contributed by atoms with Crippen LogP contribution in [0.1, 0.15) is 32.6 Å². The van der Waals surface area contributed by atoms with Gasteiger partial charge < -0.3 is 10.6 Å². The molecule has 5 rings (SSSR count). The molecule has 154 valence electrons. The maximum Gasteiger partial charge on any atom is 0.217 e. The average Bonchev–Trinajstić information content (AvgIpc) is 3.35. The van der Waals surface area contributed by atoms with Crippen molar-refractivity contribution >= 4 is 39.7 Å². The number of fused-ring (bicyclic) bond motifs is 2. The summed E-state index contributed by atoms with van der Waals surface area (Å²) in [6, 6.07) is 8.46. The highest BCUT2D eigenvalue weighted by atomic mass is 35.5. The van der Waals surface area contributed by atoms with Crippen molar-refractivity contribution in [2.75, 3.05) is 5.32 Å². The Kier molecular flexibility index (Phi) is 4.78. The average molecular weight is 424 g/mol. The predicted molar refractivity (Wildman–Crippen MR) is 117 cm³/mol. The molecule has 3 aromatic heterocycles. The van der Waals surface area contributed by atoms with Crippen LogP contribution in [-0.4, -0.2) is 42.8 Å². The van der Waals surface area contributed by atoms with Crippen LogP contribution >= 0.6 is 11.6 Å². The summed E-state index contributed by atoms with van der Waals surface area (Å²) >= 11 is 6.35. The van der Waals surface area contributed by atoms with E-state index in [1.54, 1.807) is 17.6 Å². The molecule has 0 spiro atoms. The number of nitrogens with one attached hydrogen (secondary N) is 3. The van der Waals surface area contributed by atoms with E-state index in [0.29, 0.717) is 11.2 Å². The molecule has 1 fully saturated rings. The number of carbonyl (C=O) groups excluding carboxylic acids is 1. The number of aromatic nitrogens is 5. The van der Waals surface area contributed by atoms with Crippen LogP contribution in [0.15, 0.2) is 36.7 Å². The minimum Gasteiger partial charge on any atom is -0.379 e. The maximum atomic E-state index is 11.3. The Bertz CT molecular complexity index is 1220. The number of imidazole rings is 1. The summed E-state index contributed by atoms with van der Waals surface area (Å²) in [4.78, 5) is 15.9. The van der Waals surface area contributed by atoms with Gasteiger partial charge in [0.15, 0.2) is 10.8 Å². The normalized spacial score (nSPS) is 19.3. The molecule has 1 amide bonds. The molecule has 0 atom stereocenters. The molecule has 4 aromatic rings. The Labute approximate surface area is 178 Å². The Morgan fingerprint density at radius 3 is 2.77 bits per heavy atom. The maximum absolute atomic E-state index is 11.3. The lowest BCUT2D eigenvalue weighted by Gasteiger charge is -2.30. The molecule has 30 heavy (non-hydrogen) atoms. The fraction of sp³-hybridized carbons (Fsp3) is 0.333. The standard InChI is InChI=1S/C21H22ClN7O/c1-12(30)25-15-3-5-16(6-4-15)26-18-9-20(22)28-29-19(11-23-21(18)29)13-2-7-17-14(8-13)10-24-27-17/h2,7-11,15-16,26H,3-6H2,1H3,(H,24,27)(H,25,30). The van der Waals surface area contributed by atoms with E-state index >= 15 is 0 Å². The van der Waals surface area contributed by atoms with Crippen LogP contribution in [0.5, 0.6) is 0 Å². The molecule has 0 bridgehead atoms. The second-order valence-corrected chi connectivity index (χ2v) is 8.21. The first-order valence-corrected chi connectivity index (χ1v) is 10.5. The first kappa shape index (κ1) is 18.9. The van der Waals surface area contributed by atoms with Crippen molar-refractivity contribution in [1.29, 1.82) is 0 Å². The zero-order valence-corrected chi connectivity index (χ0v) is 17.3. The third-order valence-corrected chi connectivity index (χ3v) is 5.85. The van der Waals surface area contributed by atoms with E-state index < -0.39 is 0 Å². The summed E-state index contributed by atoms with van der Waals surface area (Å²) in [6.07, 6.45) is 7.47. The topological polar surface area (TPSA) is 100 Å². The highest BCUT2D eigenvalue weighted by Gasteiger charge is 2.23. The molecule has 0 unspecified atom stereocenters. The van der Waals surface area contributed by atoms with Gasteiger partial charge in [-0.25, -0.2) is 9.50 Å². The molecule has 1 aliphatic rings. The fourth-order valence-corrected chi connectivity index (χ4v) is 4.42. The number of amides is 1. The van der Waals surface area contributed by atoms with E-state index in [4.69, 9.17) is 11.6 Å². The van der Waals surface area contributed by atoms with Gasteiger partial charge in [-0.05, 0) is 37.8 Å². The molecule has 1 aromatic carbocycles. The largest absolute Gasteiger partial charge is 0.379 e. The number of aromatic amines is 1. The highest BCUT2D eigenvalue weighted by Crippen LogP contribution is 2.30. The van der Waals surface area contributed by atoms with Gasteiger partial charge in [0.05, 0.1) is 29.3 Å². The quantitative estimate of drug-likeness (QED) is 0.463. The summed E-state index contributed by atoms with van der Waals surface area (Å²) in [5.41, 5.74) is 4.45. The Morgan fingerprint density at radius 2 is 1.97 bits per heavy atom. The lowest BCUT2D eigenvalue weighted by atomic mass is 9.91. The van der Waals surface area contributed by atoms with Gasteiger partial charge in [-0.1, -0.05) is 17.7 Å². The molecule has 1 saturated carbocycles. The van der Waals surface area contributed by atoms with E-state index in [0.717, 1.165) is 59.2 Å². The lowest BCUT2D eigenvalue weighted by Crippen LogP contribution is -2.39. The lowest BCUT2D eigenvalue weighted by molar-refractivity contribution is -0.119. The second-order valence-electron chi connectivity index (χ2n) is 7.83. The third-order valence-electron chi connectivity index (χ3n) is 5.67. The number of H-pyrrole nitrogens is 1. The van der Waals surface area contributed by atoms with Crippen molar-refractivity contribution in [3.05, 3.63) is 41.8 Å². The fourth-order valence-electron chi connectivity index (χ4n) is 4.23. The van der Waals surface area contributed by atoms with Gasteiger partial charge in [0.1, 0.15) is 0 Å². The van der Waals surface area contributed by atoms with Gasteiger partial charge in [0, 0.05) is 36.0 Å². The number of anilines is 1. The van der Waals surface area contributed by atoms with Crippen molar-refractivity contribution in [3.8, 4) is 11.3 Å². The van der Waals surface area contributed by atoms with Crippen LogP contribution in [0, 0.1) is 0 Å². The first-order valence-electron chi connectivity index (χ1n) is 10.1. The number of halogens is 1. The molecule has 0 saturated heterocycles. The Morgan fingerprint density at radius 1 is 1.17 bits per heavy atom. The highest BCUT2D eigenvalue weighted by molar-refractivity contribution is 6.29. The van der Waals surface area contributed by atoms with E-state index in [1.807, 2.05) is 24.4 Å². The van der Waals surface area contributed by atoms with Crippen molar-refractivity contribution in [1.82, 2.24) is 30.1 Å². The van der Waals surface area contributed by atoms with Crippen LogP contribution in [0.4, 0.5) is 5.69 Å². The van der Waals surface area contributed by atoms with Gasteiger partial charge in [-0.15, -0.1) is 0 Å². The second kappa shape index (κ2) is 7.60. The van der Waals surface area contributed by atoms with Gasteiger partial charge in [-0.2, -0.15) is 10.2 Å². The molecular formula is C21H22ClN7O. The Balaban J connectivity index is 1.42. The first-order chi connectivity index (χ1) is 14.6. The van der Waals surface area contributed by atoms with Crippen LogP contribution in [0.2, 0.25) is 5.15 Å². The number of nitrogens with zero attached hydrogens (tertiary/aromatic N) is 4. The molecule has 3 heterocycles. The van der Waals surface area contributed by atoms with Gasteiger partial charge in [-0.3, -0.25) is 9.89 Å². The SMILES string of the molecule is CC(=O)NC1CCC(Nc2cc(Cl)nn3c(-c4ccc5[nH]ncc5c4)cnc23)CC1. The minimum absolute atomic E-state index is 0.0348. The number of rotatable bonds is 4. The predicted octanol–water partition coefficient (Wildman–Crippen LogP) is 3.79. The van der Waals surface area contributed by atoms with Crippen molar-refractivity contribution in [2.24, 2.45) is 0 Å². The number of carbonyl (C=O) groups is 1. The minimum atomic E-state index is 0.0348. The number of benzene rings is 1. The number of hydrogen-bond acceptors (Lipinski definition) is 5. The molecule has 3 N–H and O–H groups in total. The van der Waals surface area contributed by atoms with E-state index in [-0.39, 0.29) is 11.9 Å². The van der Waals surface area contributed by atoms with Gasteiger partial charge >= 0.3 is 0 Å². The summed E-state index contributed by atoms with van der Waals surface area (Å²) < 4.78 is 1.79. The van der Waals surface area contributed by atoms with Crippen LogP contribution in [0.25, 0.3) is 27.8 Å². The van der Waals surface area contributed by atoms with Crippen molar-refractivity contribution in [3.63, 3.8) is 0 Å². The molecule has 9 heteroatoms. The molecule has 0 aliphatic heterocycles. The van der Waals surface area contributed by atoms with Crippen molar-refractivity contribution < 1.29 is 4.79 Å². The summed E-state index contributed by atoms with van der Waals surface area (Å²) in [6.45, 7) is 1.57.